The van der Waals surface area contributed by atoms with Gasteiger partial charge in [-0.15, -0.1) is 0 Å². The highest BCUT2D eigenvalue weighted by atomic mass is 79.9. The Morgan fingerprint density at radius 2 is 1.06 bits per heavy atom. The Morgan fingerprint density at radius 3 is 1.41 bits per heavy atom. The molecule has 5 heterocycles. The maximum absolute atomic E-state index is 4.94. The molecule has 0 spiro atoms. The number of rotatable bonds is 1. The van der Waals surface area contributed by atoms with Gasteiger partial charge in [-0.05, 0) is 60.6 Å². The summed E-state index contributed by atoms with van der Waals surface area (Å²) in [4.78, 5) is 18.4. The molecule has 0 unspecified atom stereocenters. The van der Waals surface area contributed by atoms with Crippen molar-refractivity contribution in [3.63, 3.8) is 0 Å². The van der Waals surface area contributed by atoms with Crippen LogP contribution in [0.3, 0.4) is 0 Å². The van der Waals surface area contributed by atoms with Crippen molar-refractivity contribution in [1.29, 1.82) is 0 Å². The van der Waals surface area contributed by atoms with E-state index in [1.165, 1.54) is 12.8 Å². The lowest BCUT2D eigenvalue weighted by atomic mass is 10.4. The minimum atomic E-state index is 0.751. The zero-order valence-corrected chi connectivity index (χ0v) is 22.8. The Balaban J connectivity index is 0.000000163. The molecule has 0 aliphatic carbocycles. The quantitative estimate of drug-likeness (QED) is 0.435. The molecule has 0 radical (unpaired) electrons. The van der Waals surface area contributed by atoms with Crippen LogP contribution in [0.4, 0.5) is 5.82 Å². The van der Waals surface area contributed by atoms with E-state index in [4.69, 9.17) is 4.74 Å². The molecule has 32 heavy (non-hydrogen) atoms. The predicted octanol–water partition coefficient (Wildman–Crippen LogP) is 2.63. The van der Waals surface area contributed by atoms with Crippen molar-refractivity contribution in [2.45, 2.75) is 12.8 Å². The van der Waals surface area contributed by atoms with Gasteiger partial charge in [-0.1, -0.05) is 0 Å². The molecule has 5 rings (SSSR count). The SMILES string of the molecule is Brc1cnc(Br)cn1.Brc1cnc(N2CCNCC2)cn1.C1CCOC1.C1CNCCN1. The van der Waals surface area contributed by atoms with Crippen LogP contribution < -0.4 is 20.9 Å². The highest BCUT2D eigenvalue weighted by molar-refractivity contribution is 9.11. The van der Waals surface area contributed by atoms with Gasteiger partial charge >= 0.3 is 0 Å². The number of piperazine rings is 2. The molecule has 178 valence electrons. The first-order valence-corrected chi connectivity index (χ1v) is 13.1. The lowest BCUT2D eigenvalue weighted by molar-refractivity contribution is 0.198. The molecule has 3 N–H and O–H groups in total. The molecule has 0 saturated carbocycles. The van der Waals surface area contributed by atoms with Gasteiger partial charge in [0.25, 0.3) is 0 Å². The van der Waals surface area contributed by atoms with E-state index in [1.807, 2.05) is 0 Å². The highest BCUT2D eigenvalue weighted by Gasteiger charge is 2.11. The maximum atomic E-state index is 4.94. The third kappa shape index (κ3) is 13.1. The Labute approximate surface area is 215 Å². The van der Waals surface area contributed by atoms with E-state index in [0.717, 1.165) is 85.2 Å². The number of anilines is 1. The van der Waals surface area contributed by atoms with E-state index in [0.29, 0.717) is 0 Å². The zero-order valence-electron chi connectivity index (χ0n) is 18.1. The lowest BCUT2D eigenvalue weighted by Crippen LogP contribution is -2.43. The fourth-order valence-corrected chi connectivity index (χ4v) is 3.39. The monoisotopic (exact) mass is 636 g/mol. The van der Waals surface area contributed by atoms with Crippen molar-refractivity contribution in [2.75, 3.05) is 70.5 Å². The third-order valence-electron chi connectivity index (χ3n) is 4.42. The van der Waals surface area contributed by atoms with E-state index in [1.54, 1.807) is 24.8 Å². The van der Waals surface area contributed by atoms with E-state index in [9.17, 15) is 0 Å². The number of ether oxygens (including phenoxy) is 1. The van der Waals surface area contributed by atoms with Crippen molar-refractivity contribution in [3.05, 3.63) is 38.6 Å². The van der Waals surface area contributed by atoms with Crippen LogP contribution in [-0.4, -0.2) is 85.5 Å². The summed E-state index contributed by atoms with van der Waals surface area (Å²) in [6, 6.07) is 0. The minimum absolute atomic E-state index is 0.751. The molecular formula is C20H31Br3N8O. The zero-order chi connectivity index (χ0) is 22.9. The highest BCUT2D eigenvalue weighted by Crippen LogP contribution is 2.11. The van der Waals surface area contributed by atoms with Gasteiger partial charge in [0.2, 0.25) is 0 Å². The van der Waals surface area contributed by atoms with Crippen molar-refractivity contribution < 1.29 is 4.74 Å². The Morgan fingerprint density at radius 1 is 0.625 bits per heavy atom. The van der Waals surface area contributed by atoms with Gasteiger partial charge in [-0.25, -0.2) is 19.9 Å². The Bertz CT molecular complexity index is 670. The molecule has 0 aromatic carbocycles. The molecule has 2 aromatic heterocycles. The van der Waals surface area contributed by atoms with E-state index in [2.05, 4.69) is 88.6 Å². The van der Waals surface area contributed by atoms with Crippen molar-refractivity contribution in [3.8, 4) is 0 Å². The first-order chi connectivity index (χ1) is 15.6. The topological polar surface area (TPSA) is 100 Å². The van der Waals surface area contributed by atoms with Gasteiger partial charge in [-0.2, -0.15) is 0 Å². The van der Waals surface area contributed by atoms with Crippen LogP contribution >= 0.6 is 47.8 Å². The molecule has 9 nitrogen and oxygen atoms in total. The molecule has 3 saturated heterocycles. The average Bonchev–Trinajstić information content (AvgIpc) is 3.45. The van der Waals surface area contributed by atoms with Gasteiger partial charge in [0.05, 0.1) is 24.8 Å². The van der Waals surface area contributed by atoms with E-state index < -0.39 is 0 Å². The first kappa shape index (κ1) is 27.5. The summed E-state index contributed by atoms with van der Waals surface area (Å²) in [5.41, 5.74) is 0. The number of halogens is 3. The second kappa shape index (κ2) is 17.7. The van der Waals surface area contributed by atoms with Gasteiger partial charge in [0, 0.05) is 65.6 Å². The standard InChI is InChI=1S/C8H11BrN4.C4H2Br2N2.C4H10N2.C4H8O/c9-7-5-12-8(6-11-7)13-3-1-10-2-4-13;5-3-1-7-4(6)2-8-3;1-2-6-4-3-5-1;1-2-4-5-3-1/h5-6,10H,1-4H2;1-2H;5-6H,1-4H2;1-4H2. The largest absolute Gasteiger partial charge is 0.381 e. The van der Waals surface area contributed by atoms with Crippen LogP contribution in [0.15, 0.2) is 38.6 Å². The smallest absolute Gasteiger partial charge is 0.147 e. The minimum Gasteiger partial charge on any atom is -0.381 e. The van der Waals surface area contributed by atoms with Gasteiger partial charge < -0.3 is 25.6 Å². The molecular weight excluding hydrogens is 608 g/mol. The van der Waals surface area contributed by atoms with Crippen LogP contribution in [0.1, 0.15) is 12.8 Å². The Kier molecular flexibility index (Phi) is 15.2. The second-order valence-electron chi connectivity index (χ2n) is 6.92. The summed E-state index contributed by atoms with van der Waals surface area (Å²) in [5.74, 6) is 0.963. The summed E-state index contributed by atoms with van der Waals surface area (Å²) < 4.78 is 7.23. The molecule has 3 fully saturated rings. The molecule has 0 bridgehead atoms. The summed E-state index contributed by atoms with van der Waals surface area (Å²) in [6.45, 7) is 10.6. The van der Waals surface area contributed by atoms with Crippen LogP contribution in [0.25, 0.3) is 0 Å². The number of hydrogen-bond acceptors (Lipinski definition) is 9. The van der Waals surface area contributed by atoms with Crippen molar-refractivity contribution >= 4 is 53.6 Å². The molecule has 2 aromatic rings. The number of nitrogens with zero attached hydrogens (tertiary/aromatic N) is 5. The molecule has 3 aliphatic rings. The third-order valence-corrected chi connectivity index (χ3v) is 5.65. The summed E-state index contributed by atoms with van der Waals surface area (Å²) in [7, 11) is 0. The number of hydrogen-bond donors (Lipinski definition) is 3. The van der Waals surface area contributed by atoms with Crippen LogP contribution in [0.5, 0.6) is 0 Å². The summed E-state index contributed by atoms with van der Waals surface area (Å²) >= 11 is 9.57. The van der Waals surface area contributed by atoms with Crippen molar-refractivity contribution in [1.82, 2.24) is 35.9 Å². The van der Waals surface area contributed by atoms with E-state index >= 15 is 0 Å². The van der Waals surface area contributed by atoms with Gasteiger partial charge in [0.1, 0.15) is 19.6 Å². The van der Waals surface area contributed by atoms with Crippen LogP contribution in [-0.2, 0) is 4.74 Å². The number of aromatic nitrogens is 4. The second-order valence-corrected chi connectivity index (χ2v) is 9.35. The fourth-order valence-electron chi connectivity index (χ4n) is 2.77. The fraction of sp³-hybridized carbons (Fsp3) is 0.600. The maximum Gasteiger partial charge on any atom is 0.147 e. The Hall–Kier alpha value is -0.760. The predicted molar refractivity (Wildman–Crippen MR) is 138 cm³/mol. The lowest BCUT2D eigenvalue weighted by Gasteiger charge is -2.27. The molecule has 0 amide bonds. The normalized spacial score (nSPS) is 17.7. The number of nitrogens with one attached hydrogen (secondary N) is 3. The summed E-state index contributed by atoms with van der Waals surface area (Å²) in [6.07, 6.45) is 9.35. The van der Waals surface area contributed by atoms with Crippen LogP contribution in [0, 0.1) is 0 Å². The van der Waals surface area contributed by atoms with Crippen molar-refractivity contribution in [2.24, 2.45) is 0 Å². The summed E-state index contributed by atoms with van der Waals surface area (Å²) in [5, 5.41) is 9.74. The molecule has 3 aliphatic heterocycles. The first-order valence-electron chi connectivity index (χ1n) is 10.7. The van der Waals surface area contributed by atoms with E-state index in [-0.39, 0.29) is 0 Å². The molecule has 0 atom stereocenters. The van der Waals surface area contributed by atoms with Gasteiger partial charge in [0.15, 0.2) is 0 Å². The average molecular weight is 639 g/mol. The van der Waals surface area contributed by atoms with Gasteiger partial charge in [-0.3, -0.25) is 0 Å². The molecule has 12 heteroatoms. The van der Waals surface area contributed by atoms with Crippen LogP contribution in [0.2, 0.25) is 0 Å².